The fourth-order valence-electron chi connectivity index (χ4n) is 1.73. The molecule has 2 aromatic rings. The number of para-hydroxylation sites is 1. The molecule has 2 rings (SSSR count). The molecule has 4 nitrogen and oxygen atoms in total. The normalized spacial score (nSPS) is 9.83. The highest BCUT2D eigenvalue weighted by Crippen LogP contribution is 2.21. The van der Waals surface area contributed by atoms with Gasteiger partial charge in [-0.25, -0.2) is 9.97 Å². The zero-order chi connectivity index (χ0) is 13.0. The van der Waals surface area contributed by atoms with E-state index < -0.39 is 0 Å². The monoisotopic (exact) mass is 238 g/mol. The Morgan fingerprint density at radius 3 is 2.83 bits per heavy atom. The molecule has 1 heterocycles. The van der Waals surface area contributed by atoms with Crippen LogP contribution in [0.4, 0.5) is 11.5 Å². The minimum Gasteiger partial charge on any atom is -0.339 e. The van der Waals surface area contributed by atoms with Crippen molar-refractivity contribution >= 4 is 11.5 Å². The topological polar surface area (TPSA) is 61.6 Å². The number of benzene rings is 1. The maximum Gasteiger partial charge on any atom is 0.152 e. The molecule has 1 aromatic carbocycles. The van der Waals surface area contributed by atoms with Crippen LogP contribution in [0.2, 0.25) is 0 Å². The summed E-state index contributed by atoms with van der Waals surface area (Å²) >= 11 is 0. The van der Waals surface area contributed by atoms with E-state index in [1.165, 1.54) is 5.56 Å². The van der Waals surface area contributed by atoms with Gasteiger partial charge >= 0.3 is 0 Å². The predicted molar refractivity (Wildman–Crippen MR) is 70.6 cm³/mol. The van der Waals surface area contributed by atoms with Gasteiger partial charge in [0.25, 0.3) is 0 Å². The standard InChI is InChI=1S/C14H14N4/c1-3-11-6-4-5-7-13(11)18-14-12(8-15)9-16-10(2)17-14/h4-7,9H,3H2,1-2H3,(H,16,17,18). The van der Waals surface area contributed by atoms with Gasteiger partial charge in [-0.2, -0.15) is 5.26 Å². The summed E-state index contributed by atoms with van der Waals surface area (Å²) in [6.07, 6.45) is 2.47. The van der Waals surface area contributed by atoms with Gasteiger partial charge in [-0.05, 0) is 25.0 Å². The average Bonchev–Trinajstić information content (AvgIpc) is 2.40. The first kappa shape index (κ1) is 12.1. The highest BCUT2D eigenvalue weighted by Gasteiger charge is 2.07. The Balaban J connectivity index is 2.40. The fraction of sp³-hybridized carbons (Fsp3) is 0.214. The third-order valence-corrected chi connectivity index (χ3v) is 2.68. The molecule has 0 aliphatic heterocycles. The van der Waals surface area contributed by atoms with Gasteiger partial charge in [0.15, 0.2) is 5.82 Å². The quantitative estimate of drug-likeness (QED) is 0.893. The van der Waals surface area contributed by atoms with Crippen molar-refractivity contribution in [1.29, 1.82) is 5.26 Å². The second-order valence-corrected chi connectivity index (χ2v) is 3.93. The van der Waals surface area contributed by atoms with Gasteiger partial charge in [-0.1, -0.05) is 25.1 Å². The van der Waals surface area contributed by atoms with E-state index in [1.807, 2.05) is 18.2 Å². The van der Waals surface area contributed by atoms with Crippen LogP contribution in [0.25, 0.3) is 0 Å². The van der Waals surface area contributed by atoms with Crippen molar-refractivity contribution in [2.24, 2.45) is 0 Å². The van der Waals surface area contributed by atoms with Gasteiger partial charge in [0, 0.05) is 5.69 Å². The number of nitriles is 1. The number of hydrogen-bond acceptors (Lipinski definition) is 4. The Kier molecular flexibility index (Phi) is 3.54. The summed E-state index contributed by atoms with van der Waals surface area (Å²) in [5, 5.41) is 12.3. The molecule has 0 aliphatic carbocycles. The van der Waals surface area contributed by atoms with Gasteiger partial charge in [0.05, 0.1) is 6.20 Å². The first-order chi connectivity index (χ1) is 8.74. The molecule has 0 unspecified atom stereocenters. The third kappa shape index (κ3) is 2.46. The molecule has 18 heavy (non-hydrogen) atoms. The van der Waals surface area contributed by atoms with E-state index in [1.54, 1.807) is 13.1 Å². The molecule has 1 aromatic heterocycles. The van der Waals surface area contributed by atoms with Crippen LogP contribution < -0.4 is 5.32 Å². The number of rotatable bonds is 3. The highest BCUT2D eigenvalue weighted by atomic mass is 15.0. The zero-order valence-corrected chi connectivity index (χ0v) is 10.4. The summed E-state index contributed by atoms with van der Waals surface area (Å²) in [4.78, 5) is 8.29. The van der Waals surface area contributed by atoms with Crippen LogP contribution in [0.5, 0.6) is 0 Å². The van der Waals surface area contributed by atoms with Gasteiger partial charge in [0.2, 0.25) is 0 Å². The first-order valence-electron chi connectivity index (χ1n) is 5.83. The molecule has 0 amide bonds. The Labute approximate surface area is 106 Å². The molecule has 1 N–H and O–H groups in total. The summed E-state index contributed by atoms with van der Waals surface area (Å²) in [5.74, 6) is 1.20. The minimum absolute atomic E-state index is 0.450. The lowest BCUT2D eigenvalue weighted by atomic mass is 10.1. The predicted octanol–water partition coefficient (Wildman–Crippen LogP) is 2.96. The van der Waals surface area contributed by atoms with Crippen LogP contribution in [0.3, 0.4) is 0 Å². The van der Waals surface area contributed by atoms with E-state index in [-0.39, 0.29) is 0 Å². The van der Waals surface area contributed by atoms with Crippen molar-refractivity contribution in [3.8, 4) is 6.07 Å². The van der Waals surface area contributed by atoms with E-state index in [9.17, 15) is 0 Å². The highest BCUT2D eigenvalue weighted by molar-refractivity contribution is 5.64. The van der Waals surface area contributed by atoms with Crippen molar-refractivity contribution in [1.82, 2.24) is 9.97 Å². The smallest absolute Gasteiger partial charge is 0.152 e. The largest absolute Gasteiger partial charge is 0.339 e. The van der Waals surface area contributed by atoms with Crippen molar-refractivity contribution in [2.75, 3.05) is 5.32 Å². The SMILES string of the molecule is CCc1ccccc1Nc1nc(C)ncc1C#N. The molecule has 4 heteroatoms. The Hall–Kier alpha value is -2.41. The lowest BCUT2D eigenvalue weighted by Crippen LogP contribution is -2.02. The molecule has 0 spiro atoms. The number of nitrogens with zero attached hydrogens (tertiary/aromatic N) is 3. The Morgan fingerprint density at radius 2 is 2.11 bits per heavy atom. The van der Waals surface area contributed by atoms with Gasteiger partial charge in [-0.15, -0.1) is 0 Å². The van der Waals surface area contributed by atoms with Crippen LogP contribution >= 0.6 is 0 Å². The average molecular weight is 238 g/mol. The summed E-state index contributed by atoms with van der Waals surface area (Å²) in [7, 11) is 0. The Morgan fingerprint density at radius 1 is 1.33 bits per heavy atom. The lowest BCUT2D eigenvalue weighted by molar-refractivity contribution is 1.04. The molecule has 90 valence electrons. The van der Waals surface area contributed by atoms with E-state index in [0.29, 0.717) is 17.2 Å². The molecule has 0 bridgehead atoms. The molecular weight excluding hydrogens is 224 g/mol. The van der Waals surface area contributed by atoms with E-state index in [0.717, 1.165) is 12.1 Å². The molecule has 0 radical (unpaired) electrons. The van der Waals surface area contributed by atoms with E-state index in [2.05, 4.69) is 34.3 Å². The van der Waals surface area contributed by atoms with Crippen LogP contribution in [0.15, 0.2) is 30.5 Å². The number of nitrogens with one attached hydrogen (secondary N) is 1. The molecular formula is C14H14N4. The first-order valence-corrected chi connectivity index (χ1v) is 5.83. The van der Waals surface area contributed by atoms with Crippen molar-refractivity contribution < 1.29 is 0 Å². The summed E-state index contributed by atoms with van der Waals surface area (Å²) in [6.45, 7) is 3.90. The van der Waals surface area contributed by atoms with Crippen LogP contribution in [-0.4, -0.2) is 9.97 Å². The van der Waals surface area contributed by atoms with Crippen molar-refractivity contribution in [3.63, 3.8) is 0 Å². The molecule has 0 saturated heterocycles. The number of anilines is 2. The van der Waals surface area contributed by atoms with Gasteiger partial charge < -0.3 is 5.32 Å². The number of aryl methyl sites for hydroxylation is 2. The van der Waals surface area contributed by atoms with E-state index >= 15 is 0 Å². The maximum absolute atomic E-state index is 9.04. The second-order valence-electron chi connectivity index (χ2n) is 3.93. The summed E-state index contributed by atoms with van der Waals surface area (Å²) < 4.78 is 0. The Bertz CT molecular complexity index is 599. The minimum atomic E-state index is 0.450. The maximum atomic E-state index is 9.04. The van der Waals surface area contributed by atoms with Crippen molar-refractivity contribution in [3.05, 3.63) is 47.4 Å². The number of aromatic nitrogens is 2. The summed E-state index contributed by atoms with van der Waals surface area (Å²) in [5.41, 5.74) is 2.62. The van der Waals surface area contributed by atoms with Crippen LogP contribution in [-0.2, 0) is 6.42 Å². The number of hydrogen-bond donors (Lipinski definition) is 1. The summed E-state index contributed by atoms with van der Waals surface area (Å²) in [6, 6.07) is 10.1. The molecule has 0 aliphatic rings. The fourth-order valence-corrected chi connectivity index (χ4v) is 1.73. The lowest BCUT2D eigenvalue weighted by Gasteiger charge is -2.11. The molecule has 0 atom stereocenters. The van der Waals surface area contributed by atoms with Gasteiger partial charge in [0.1, 0.15) is 17.5 Å². The van der Waals surface area contributed by atoms with Crippen LogP contribution in [0.1, 0.15) is 23.9 Å². The second kappa shape index (κ2) is 5.28. The van der Waals surface area contributed by atoms with E-state index in [4.69, 9.17) is 5.26 Å². The van der Waals surface area contributed by atoms with Crippen molar-refractivity contribution in [2.45, 2.75) is 20.3 Å². The third-order valence-electron chi connectivity index (χ3n) is 2.68. The zero-order valence-electron chi connectivity index (χ0n) is 10.4. The van der Waals surface area contributed by atoms with Crippen LogP contribution in [0, 0.1) is 18.3 Å². The molecule has 0 saturated carbocycles. The van der Waals surface area contributed by atoms with Gasteiger partial charge in [-0.3, -0.25) is 0 Å². The molecule has 0 fully saturated rings.